The molecule has 7 rings (SSSR count). The number of benzene rings is 1. The fraction of sp³-hybridized carbons (Fsp3) is 0.385. The van der Waals surface area contributed by atoms with Crippen molar-refractivity contribution in [1.82, 2.24) is 39.0 Å². The van der Waals surface area contributed by atoms with E-state index in [9.17, 15) is 24.9 Å². The van der Waals surface area contributed by atoms with Crippen LogP contribution in [0.3, 0.4) is 0 Å². The van der Waals surface area contributed by atoms with Crippen LogP contribution in [0.4, 0.5) is 11.9 Å². The topological polar surface area (TPSA) is 279 Å². The number of halogens is 1. The molecule has 1 aromatic carbocycles. The van der Waals surface area contributed by atoms with E-state index < -0.39 is 48.0 Å². The van der Waals surface area contributed by atoms with Crippen molar-refractivity contribution in [2.24, 2.45) is 0 Å². The molecule has 2 fully saturated rings. The van der Waals surface area contributed by atoms with Crippen LogP contribution >= 0.6 is 15.9 Å². The Morgan fingerprint density at radius 3 is 1.80 bits per heavy atom. The van der Waals surface area contributed by atoms with E-state index in [2.05, 4.69) is 45.8 Å². The van der Waals surface area contributed by atoms with Crippen LogP contribution in [0.1, 0.15) is 25.3 Å². The van der Waals surface area contributed by atoms with Gasteiger partial charge in [0, 0.05) is 18.4 Å². The highest BCUT2D eigenvalue weighted by molar-refractivity contribution is 9.10. The number of nitrogen functional groups attached to an aromatic ring is 2. The van der Waals surface area contributed by atoms with Gasteiger partial charge in [-0.2, -0.15) is 9.97 Å². The molecule has 0 spiro atoms. The maximum Gasteiger partial charge on any atom is 0.280 e. The highest BCUT2D eigenvalue weighted by Gasteiger charge is 2.38. The number of hydrogen-bond donors (Lipinski definition) is 8. The zero-order valence-corrected chi connectivity index (χ0v) is 24.9. The van der Waals surface area contributed by atoms with Crippen molar-refractivity contribution in [2.45, 2.75) is 49.7 Å². The van der Waals surface area contributed by atoms with Gasteiger partial charge in [0.05, 0.1) is 25.4 Å². The number of imidazole rings is 2. The first-order chi connectivity index (χ1) is 21.6. The van der Waals surface area contributed by atoms with Gasteiger partial charge in [-0.25, -0.2) is 9.97 Å². The van der Waals surface area contributed by atoms with Gasteiger partial charge in [0.25, 0.3) is 11.1 Å². The van der Waals surface area contributed by atoms with Crippen molar-refractivity contribution in [3.05, 3.63) is 55.8 Å². The first-order valence-electron chi connectivity index (χ1n) is 13.7. The summed E-state index contributed by atoms with van der Waals surface area (Å²) in [5.41, 5.74) is 11.9. The Hall–Kier alpha value is -4.24. The van der Waals surface area contributed by atoms with Crippen LogP contribution in [-0.2, 0) is 9.47 Å². The quantitative estimate of drug-likeness (QED) is 0.104. The fourth-order valence-corrected chi connectivity index (χ4v) is 5.94. The molecule has 0 aliphatic carbocycles. The summed E-state index contributed by atoms with van der Waals surface area (Å²) < 4.78 is 14.8. The monoisotopic (exact) mass is 688 g/mol. The number of nitrogens with two attached hydrogens (primary N) is 2. The first-order valence-corrected chi connectivity index (χ1v) is 14.5. The molecule has 18 nitrogen and oxygen atoms in total. The van der Waals surface area contributed by atoms with Gasteiger partial charge >= 0.3 is 0 Å². The van der Waals surface area contributed by atoms with Gasteiger partial charge < -0.3 is 41.4 Å². The van der Waals surface area contributed by atoms with E-state index in [1.54, 1.807) is 4.57 Å². The van der Waals surface area contributed by atoms with Crippen molar-refractivity contribution >= 4 is 50.2 Å². The van der Waals surface area contributed by atoms with Crippen molar-refractivity contribution in [3.63, 3.8) is 0 Å². The van der Waals surface area contributed by atoms with Crippen LogP contribution < -0.4 is 22.6 Å². The molecule has 2 saturated heterocycles. The summed E-state index contributed by atoms with van der Waals surface area (Å²) in [6.07, 6.45) is -3.72. The zero-order valence-electron chi connectivity index (χ0n) is 23.3. The molecule has 2 aliphatic rings. The SMILES string of the molecule is Nc1nc2c(nc(-c3ccccc3)n2[C@H]2C[C@@H](O)[C@@H](CO)O2)c(=O)[nH]1.Nc1nc2c(nc(Br)n2[C@H]2CC(O)[C@@H](CO)O2)c(=O)[nH]1. The van der Waals surface area contributed by atoms with Crippen molar-refractivity contribution in [1.29, 1.82) is 0 Å². The second kappa shape index (κ2) is 12.3. The number of fused-ring (bicyclic) bond motifs is 2. The maximum absolute atomic E-state index is 12.2. The minimum Gasteiger partial charge on any atom is -0.394 e. The van der Waals surface area contributed by atoms with Crippen LogP contribution in [0, 0.1) is 0 Å². The Balaban J connectivity index is 0.000000163. The number of aliphatic hydroxyl groups excluding tert-OH is 4. The second-order valence-corrected chi connectivity index (χ2v) is 11.1. The molecule has 19 heteroatoms. The lowest BCUT2D eigenvalue weighted by molar-refractivity contribution is -0.0439. The molecule has 0 saturated carbocycles. The Morgan fingerprint density at radius 2 is 1.29 bits per heavy atom. The highest BCUT2D eigenvalue weighted by Crippen LogP contribution is 2.35. The van der Waals surface area contributed by atoms with Crippen LogP contribution in [0.25, 0.3) is 33.7 Å². The number of aromatic amines is 2. The highest BCUT2D eigenvalue weighted by atomic mass is 79.9. The average molecular weight is 689 g/mol. The van der Waals surface area contributed by atoms with E-state index in [0.717, 1.165) is 5.56 Å². The van der Waals surface area contributed by atoms with Crippen molar-refractivity contribution in [2.75, 3.05) is 24.7 Å². The molecular weight excluding hydrogens is 660 g/mol. The molecular formula is C26H29BrN10O8. The standard InChI is InChI=1S/C16H17N5O4.C10H12BrN5O4/c17-16-19-14-12(15(24)20-16)18-13(8-4-2-1-3-5-8)21(14)11-6-9(23)10(7-22)25-11;11-9-13-6-7(14-10(12)15-8(6)19)16(9)5-1-3(18)4(2-17)20-5/h1-5,9-11,22-23H,6-7H2,(H3,17,19,20,24);3-5,17-18H,1-2H2,(H3,12,14,15,19)/t9-,10-,11-;3?,4-,5-/m11/s1. The summed E-state index contributed by atoms with van der Waals surface area (Å²) in [5, 5.41) is 38.3. The van der Waals surface area contributed by atoms with E-state index in [0.29, 0.717) is 10.6 Å². The molecule has 1 unspecified atom stereocenters. The lowest BCUT2D eigenvalue weighted by Crippen LogP contribution is -2.24. The Kier molecular flexibility index (Phi) is 8.39. The van der Waals surface area contributed by atoms with Gasteiger partial charge in [0.1, 0.15) is 30.5 Å². The van der Waals surface area contributed by atoms with Crippen LogP contribution in [0.2, 0.25) is 0 Å². The zero-order chi connectivity index (χ0) is 32.0. The molecule has 2 aliphatic heterocycles. The van der Waals surface area contributed by atoms with E-state index in [1.807, 2.05) is 30.3 Å². The number of nitrogens with zero attached hydrogens (tertiary/aromatic N) is 6. The normalized spacial score (nSPS) is 24.7. The minimum atomic E-state index is -0.824. The summed E-state index contributed by atoms with van der Waals surface area (Å²) in [6.45, 7) is -0.598. The van der Waals surface area contributed by atoms with Crippen molar-refractivity contribution < 1.29 is 29.9 Å². The van der Waals surface area contributed by atoms with Gasteiger partial charge in [-0.05, 0) is 15.9 Å². The lowest BCUT2D eigenvalue weighted by Gasteiger charge is -2.16. The molecule has 238 valence electrons. The number of hydrogen-bond acceptors (Lipinski definition) is 14. The van der Waals surface area contributed by atoms with Gasteiger partial charge in [-0.1, -0.05) is 30.3 Å². The second-order valence-electron chi connectivity index (χ2n) is 10.4. The third-order valence-corrected chi connectivity index (χ3v) is 8.03. The molecule has 10 N–H and O–H groups in total. The Bertz CT molecular complexity index is 1960. The number of aliphatic hydroxyl groups is 4. The van der Waals surface area contributed by atoms with Crippen LogP contribution in [-0.4, -0.2) is 97.1 Å². The predicted octanol–water partition coefficient (Wildman–Crippen LogP) is -0.885. The van der Waals surface area contributed by atoms with Gasteiger partial charge in [-0.3, -0.25) is 28.7 Å². The van der Waals surface area contributed by atoms with Crippen LogP contribution in [0.15, 0.2) is 44.7 Å². The summed E-state index contributed by atoms with van der Waals surface area (Å²) in [6, 6.07) is 9.28. The largest absolute Gasteiger partial charge is 0.394 e. The lowest BCUT2D eigenvalue weighted by atomic mass is 10.2. The number of rotatable bonds is 5. The molecule has 0 amide bonds. The number of nitrogens with one attached hydrogen (secondary N) is 2. The molecule has 5 aromatic rings. The van der Waals surface area contributed by atoms with Gasteiger partial charge in [0.15, 0.2) is 27.1 Å². The number of H-pyrrole nitrogens is 2. The number of aromatic nitrogens is 8. The smallest absolute Gasteiger partial charge is 0.280 e. The summed E-state index contributed by atoms with van der Waals surface area (Å²) in [5.74, 6) is 0.416. The third-order valence-electron chi connectivity index (χ3n) is 7.47. The summed E-state index contributed by atoms with van der Waals surface area (Å²) in [7, 11) is 0. The molecule has 4 aromatic heterocycles. The van der Waals surface area contributed by atoms with E-state index in [1.165, 1.54) is 4.57 Å². The molecule has 6 atom stereocenters. The van der Waals surface area contributed by atoms with Crippen molar-refractivity contribution in [3.8, 4) is 11.4 Å². The summed E-state index contributed by atoms with van der Waals surface area (Å²) >= 11 is 3.23. The minimum absolute atomic E-state index is 0.0319. The van der Waals surface area contributed by atoms with Crippen LogP contribution in [0.5, 0.6) is 0 Å². The predicted molar refractivity (Wildman–Crippen MR) is 161 cm³/mol. The first kappa shape index (κ1) is 30.8. The Labute approximate surface area is 260 Å². The van der Waals surface area contributed by atoms with E-state index >= 15 is 0 Å². The Morgan fingerprint density at radius 1 is 0.800 bits per heavy atom. The molecule has 6 heterocycles. The van der Waals surface area contributed by atoms with E-state index in [4.69, 9.17) is 26.0 Å². The number of ether oxygens (including phenoxy) is 2. The fourth-order valence-electron chi connectivity index (χ4n) is 5.37. The van der Waals surface area contributed by atoms with Gasteiger partial charge in [-0.15, -0.1) is 0 Å². The molecule has 0 radical (unpaired) electrons. The number of anilines is 2. The molecule has 45 heavy (non-hydrogen) atoms. The van der Waals surface area contributed by atoms with Gasteiger partial charge in [0.2, 0.25) is 11.9 Å². The molecule has 0 bridgehead atoms. The summed E-state index contributed by atoms with van der Waals surface area (Å²) in [4.78, 5) is 45.5. The maximum atomic E-state index is 12.2. The third kappa shape index (κ3) is 5.70. The van der Waals surface area contributed by atoms with E-state index in [-0.39, 0.29) is 60.3 Å². The average Bonchev–Trinajstić information content (AvgIpc) is 3.76.